The van der Waals surface area contributed by atoms with Crippen molar-refractivity contribution < 1.29 is 32.6 Å². The first-order valence-electron chi connectivity index (χ1n) is 16.5. The average molecular weight is 737 g/mol. The number of piperidine rings is 1. The summed E-state index contributed by atoms with van der Waals surface area (Å²) < 4.78 is 40.8. The van der Waals surface area contributed by atoms with Crippen LogP contribution in [0.3, 0.4) is 0 Å². The molecule has 11 nitrogen and oxygen atoms in total. The number of thioether (sulfide) groups is 1. The number of methoxy groups -OCH3 is 1. The fourth-order valence-electron chi connectivity index (χ4n) is 5.85. The van der Waals surface area contributed by atoms with Gasteiger partial charge in [0.2, 0.25) is 0 Å². The van der Waals surface area contributed by atoms with Gasteiger partial charge in [0.1, 0.15) is 17.0 Å². The maximum atomic E-state index is 14.4. The van der Waals surface area contributed by atoms with E-state index in [4.69, 9.17) is 9.47 Å². The first-order valence-corrected chi connectivity index (χ1v) is 18.3. The van der Waals surface area contributed by atoms with Crippen LogP contribution in [0.5, 0.6) is 11.5 Å². The first kappa shape index (κ1) is 36.0. The van der Waals surface area contributed by atoms with Crippen LogP contribution in [0.4, 0.5) is 24.1 Å². The maximum absolute atomic E-state index is 14.4. The zero-order valence-electron chi connectivity index (χ0n) is 28.3. The molecule has 268 valence electrons. The van der Waals surface area contributed by atoms with Gasteiger partial charge in [-0.1, -0.05) is 17.8 Å². The SMILES string of the molecule is COc1cc2c(Sc3ccc(NC(=O)NN4C(=O)CSC4c4c(F)cccc4F)cc3)ccnc2cc1OCC1CCN(C(=O)NC(C)C)CC1. The summed E-state index contributed by atoms with van der Waals surface area (Å²) in [6, 6.07) is 15.6. The topological polar surface area (TPSA) is 125 Å². The third-order valence-electron chi connectivity index (χ3n) is 8.45. The number of urea groups is 2. The molecule has 2 aliphatic rings. The molecule has 51 heavy (non-hydrogen) atoms. The number of hydrogen-bond donors (Lipinski definition) is 3. The van der Waals surface area contributed by atoms with Gasteiger partial charge in [-0.3, -0.25) is 9.78 Å². The molecular formula is C36H38F2N6O5S2. The van der Waals surface area contributed by atoms with E-state index in [0.717, 1.165) is 62.4 Å². The van der Waals surface area contributed by atoms with Gasteiger partial charge < -0.3 is 25.0 Å². The van der Waals surface area contributed by atoms with E-state index in [0.29, 0.717) is 42.8 Å². The van der Waals surface area contributed by atoms with Crippen molar-refractivity contribution in [2.45, 2.75) is 47.9 Å². The highest BCUT2D eigenvalue weighted by atomic mass is 32.2. The van der Waals surface area contributed by atoms with Crippen LogP contribution in [0.2, 0.25) is 0 Å². The van der Waals surface area contributed by atoms with Gasteiger partial charge in [-0.05, 0) is 81.1 Å². The average Bonchev–Trinajstić information content (AvgIpc) is 3.46. The van der Waals surface area contributed by atoms with Crippen molar-refractivity contribution in [3.63, 3.8) is 0 Å². The molecule has 2 saturated heterocycles. The molecule has 3 N–H and O–H groups in total. The van der Waals surface area contributed by atoms with Crippen molar-refractivity contribution in [3.05, 3.63) is 84.1 Å². The molecule has 4 aromatic rings. The molecule has 0 radical (unpaired) electrons. The molecule has 5 amide bonds. The van der Waals surface area contributed by atoms with E-state index in [-0.39, 0.29) is 23.4 Å². The lowest BCUT2D eigenvalue weighted by atomic mass is 9.98. The van der Waals surface area contributed by atoms with Crippen molar-refractivity contribution in [2.24, 2.45) is 5.92 Å². The summed E-state index contributed by atoms with van der Waals surface area (Å²) >= 11 is 2.53. The van der Waals surface area contributed by atoms with Gasteiger partial charge in [0.25, 0.3) is 5.91 Å². The Kier molecular flexibility index (Phi) is 11.4. The van der Waals surface area contributed by atoms with Crippen LogP contribution >= 0.6 is 23.5 Å². The summed E-state index contributed by atoms with van der Waals surface area (Å²) in [7, 11) is 1.60. The van der Waals surface area contributed by atoms with Gasteiger partial charge in [0, 0.05) is 52.3 Å². The minimum atomic E-state index is -1.03. The second kappa shape index (κ2) is 16.1. The van der Waals surface area contributed by atoms with E-state index in [2.05, 4.69) is 21.0 Å². The van der Waals surface area contributed by atoms with E-state index in [1.165, 1.54) is 17.8 Å². The molecule has 0 aliphatic carbocycles. The predicted molar refractivity (Wildman–Crippen MR) is 193 cm³/mol. The number of anilines is 1. The molecule has 1 unspecified atom stereocenters. The molecule has 3 aromatic carbocycles. The monoisotopic (exact) mass is 736 g/mol. The van der Waals surface area contributed by atoms with Crippen LogP contribution in [0.1, 0.15) is 37.6 Å². The molecule has 1 aromatic heterocycles. The van der Waals surface area contributed by atoms with Gasteiger partial charge in [-0.2, -0.15) is 0 Å². The number of amides is 5. The second-order valence-corrected chi connectivity index (χ2v) is 14.6. The highest BCUT2D eigenvalue weighted by Gasteiger charge is 2.37. The highest BCUT2D eigenvalue weighted by Crippen LogP contribution is 2.41. The third-order valence-corrected chi connectivity index (χ3v) is 10.7. The zero-order chi connectivity index (χ0) is 36.1. The molecule has 0 bridgehead atoms. The van der Waals surface area contributed by atoms with Gasteiger partial charge >= 0.3 is 12.1 Å². The quantitative estimate of drug-likeness (QED) is 0.156. The number of fused-ring (bicyclic) bond motifs is 1. The third kappa shape index (κ3) is 8.59. The second-order valence-electron chi connectivity index (χ2n) is 12.4. The Morgan fingerprint density at radius 1 is 1.04 bits per heavy atom. The van der Waals surface area contributed by atoms with E-state index in [9.17, 15) is 23.2 Å². The molecule has 6 rings (SSSR count). The molecule has 0 spiro atoms. The summed E-state index contributed by atoms with van der Waals surface area (Å²) in [4.78, 5) is 45.9. The lowest BCUT2D eigenvalue weighted by Gasteiger charge is -2.32. The Bertz CT molecular complexity index is 1890. The van der Waals surface area contributed by atoms with E-state index in [1.807, 2.05) is 49.1 Å². The van der Waals surface area contributed by atoms with Gasteiger partial charge in [-0.15, -0.1) is 11.8 Å². The minimum absolute atomic E-state index is 0.0249. The van der Waals surface area contributed by atoms with E-state index < -0.39 is 28.9 Å². The number of carbonyl (C=O) groups excluding carboxylic acids is 3. The Hall–Kier alpha value is -4.76. The number of pyridine rings is 1. The molecule has 0 saturated carbocycles. The van der Waals surface area contributed by atoms with Gasteiger partial charge in [0.05, 0.1) is 30.5 Å². The maximum Gasteiger partial charge on any atom is 0.338 e. The number of hydrogen-bond acceptors (Lipinski definition) is 8. The summed E-state index contributed by atoms with van der Waals surface area (Å²) in [5.41, 5.74) is 3.35. The number of benzene rings is 3. The summed E-state index contributed by atoms with van der Waals surface area (Å²) in [5.74, 6) is -0.592. The zero-order valence-corrected chi connectivity index (χ0v) is 29.9. The Morgan fingerprint density at radius 3 is 2.45 bits per heavy atom. The van der Waals surface area contributed by atoms with Crippen LogP contribution in [-0.4, -0.2) is 71.5 Å². The van der Waals surface area contributed by atoms with Crippen LogP contribution in [0, 0.1) is 17.6 Å². The predicted octanol–water partition coefficient (Wildman–Crippen LogP) is 7.19. The van der Waals surface area contributed by atoms with Crippen molar-refractivity contribution in [3.8, 4) is 11.5 Å². The van der Waals surface area contributed by atoms with Crippen LogP contribution in [0.15, 0.2) is 76.7 Å². The lowest BCUT2D eigenvalue weighted by Crippen LogP contribution is -2.47. The number of likely N-dealkylation sites (tertiary alicyclic amines) is 1. The molecule has 2 fully saturated rings. The number of hydrazine groups is 1. The molecule has 1 atom stereocenters. The fourth-order valence-corrected chi connectivity index (χ4v) is 7.92. The van der Waals surface area contributed by atoms with Gasteiger partial charge in [-0.25, -0.2) is 28.8 Å². The first-order chi connectivity index (χ1) is 24.6. The van der Waals surface area contributed by atoms with Crippen LogP contribution in [-0.2, 0) is 4.79 Å². The highest BCUT2D eigenvalue weighted by molar-refractivity contribution is 8.00. The number of nitrogens with one attached hydrogen (secondary N) is 3. The van der Waals surface area contributed by atoms with Crippen LogP contribution < -0.4 is 25.5 Å². The smallest absolute Gasteiger partial charge is 0.338 e. The van der Waals surface area contributed by atoms with E-state index in [1.54, 1.807) is 25.4 Å². The van der Waals surface area contributed by atoms with Crippen molar-refractivity contribution in [1.29, 1.82) is 0 Å². The van der Waals surface area contributed by atoms with Gasteiger partial charge in [0.15, 0.2) is 11.5 Å². The Morgan fingerprint density at radius 2 is 1.76 bits per heavy atom. The number of aromatic nitrogens is 1. The normalized spacial score (nSPS) is 16.4. The lowest BCUT2D eigenvalue weighted by molar-refractivity contribution is -0.130. The number of ether oxygens (including phenoxy) is 2. The Labute approximate surface area is 302 Å². The van der Waals surface area contributed by atoms with Crippen molar-refractivity contribution >= 4 is 58.1 Å². The summed E-state index contributed by atoms with van der Waals surface area (Å²) in [5, 5.41) is 6.42. The van der Waals surface area contributed by atoms with Crippen molar-refractivity contribution in [1.82, 2.24) is 25.6 Å². The molecular weight excluding hydrogens is 699 g/mol. The van der Waals surface area contributed by atoms with E-state index >= 15 is 0 Å². The number of halogens is 2. The summed E-state index contributed by atoms with van der Waals surface area (Å²) in [6.07, 6.45) is 3.44. The standard InChI is InChI=1S/C36H38F2N6O5S2/c1-21(2)40-36(47)43-15-12-22(13-16-43)19-49-30-18-28-25(17-29(30)48-3)31(11-14-39-28)51-24-9-7-23(8-10-24)41-35(46)42-44-32(45)20-50-34(44)33-26(37)5-4-6-27(33)38/h4-11,14,17-18,21-22,34H,12-13,15-16,19-20H2,1-3H3,(H,40,47)(H2,41,42,46). The Balaban J connectivity index is 1.06. The molecule has 15 heteroatoms. The summed E-state index contributed by atoms with van der Waals surface area (Å²) in [6.45, 7) is 5.78. The molecule has 2 aliphatic heterocycles. The minimum Gasteiger partial charge on any atom is -0.493 e. The number of carbonyl (C=O) groups is 3. The van der Waals surface area contributed by atoms with Crippen molar-refractivity contribution in [2.75, 3.05) is 37.9 Å². The number of nitrogens with zero attached hydrogens (tertiary/aromatic N) is 3. The molecule has 3 heterocycles. The largest absolute Gasteiger partial charge is 0.493 e. The number of rotatable bonds is 10. The fraction of sp³-hybridized carbons (Fsp3) is 0.333. The van der Waals surface area contributed by atoms with Crippen LogP contribution in [0.25, 0.3) is 10.9 Å².